The lowest BCUT2D eigenvalue weighted by molar-refractivity contribution is -0.0500. The summed E-state index contributed by atoms with van der Waals surface area (Å²) in [5, 5.41) is 9.87. The second-order valence-corrected chi connectivity index (χ2v) is 4.73. The molecule has 2 nitrogen and oxygen atoms in total. The molecule has 0 amide bonds. The fourth-order valence-electron chi connectivity index (χ4n) is 1.72. The van der Waals surface area contributed by atoms with Gasteiger partial charge in [-0.25, -0.2) is 0 Å². The summed E-state index contributed by atoms with van der Waals surface area (Å²) in [5.41, 5.74) is 1.33. The van der Waals surface area contributed by atoms with E-state index in [0.29, 0.717) is 21.2 Å². The Morgan fingerprint density at radius 3 is 2.20 bits per heavy atom. The number of rotatable bonds is 3. The van der Waals surface area contributed by atoms with Gasteiger partial charge in [-0.15, -0.1) is 0 Å². The fraction of sp³-hybridized carbons (Fsp3) is 0.0714. The third-order valence-electron chi connectivity index (χ3n) is 2.51. The SMILES string of the molecule is N#Cc1cc(-c2cc(Cl)cc(Cl)c2)ccc1OC(F)F. The highest BCUT2D eigenvalue weighted by Gasteiger charge is 2.11. The van der Waals surface area contributed by atoms with Gasteiger partial charge in [-0.1, -0.05) is 29.3 Å². The van der Waals surface area contributed by atoms with Crippen molar-refractivity contribution in [1.29, 1.82) is 5.26 Å². The summed E-state index contributed by atoms with van der Waals surface area (Å²) in [6, 6.07) is 11.0. The standard InChI is InChI=1S/C14H7Cl2F2NO/c15-11-4-9(5-12(16)6-11)8-1-2-13(20-14(17)18)10(3-8)7-19/h1-6,14H. The second kappa shape index (κ2) is 6.08. The largest absolute Gasteiger partial charge is 0.433 e. The highest BCUT2D eigenvalue weighted by molar-refractivity contribution is 6.35. The lowest BCUT2D eigenvalue weighted by Gasteiger charge is -2.09. The van der Waals surface area contributed by atoms with Crippen molar-refractivity contribution in [3.05, 3.63) is 52.0 Å². The molecule has 0 aliphatic heterocycles. The van der Waals surface area contributed by atoms with Crippen molar-refractivity contribution >= 4 is 23.2 Å². The molecular formula is C14H7Cl2F2NO. The molecule has 0 atom stereocenters. The molecule has 0 spiro atoms. The van der Waals surface area contributed by atoms with Gasteiger partial charge in [0.2, 0.25) is 0 Å². The molecule has 0 bridgehead atoms. The number of nitriles is 1. The van der Waals surface area contributed by atoms with Crippen molar-refractivity contribution < 1.29 is 13.5 Å². The maximum Gasteiger partial charge on any atom is 0.387 e. The summed E-state index contributed by atoms with van der Waals surface area (Å²) in [6.07, 6.45) is 0. The van der Waals surface area contributed by atoms with Crippen LogP contribution in [0.25, 0.3) is 11.1 Å². The molecule has 0 fully saturated rings. The Balaban J connectivity index is 2.46. The summed E-state index contributed by atoms with van der Waals surface area (Å²) in [7, 11) is 0. The van der Waals surface area contributed by atoms with E-state index < -0.39 is 6.61 Å². The predicted molar refractivity (Wildman–Crippen MR) is 73.2 cm³/mol. The topological polar surface area (TPSA) is 33.0 Å². The van der Waals surface area contributed by atoms with Crippen molar-refractivity contribution in [3.63, 3.8) is 0 Å². The minimum atomic E-state index is -2.98. The fourth-order valence-corrected chi connectivity index (χ4v) is 2.24. The number of nitrogens with zero attached hydrogens (tertiary/aromatic N) is 1. The van der Waals surface area contributed by atoms with E-state index in [1.54, 1.807) is 24.3 Å². The Kier molecular flexibility index (Phi) is 4.43. The Labute approximate surface area is 124 Å². The number of benzene rings is 2. The molecule has 0 saturated carbocycles. The van der Waals surface area contributed by atoms with Crippen molar-refractivity contribution in [2.45, 2.75) is 6.61 Å². The van der Waals surface area contributed by atoms with E-state index in [9.17, 15) is 8.78 Å². The van der Waals surface area contributed by atoms with Gasteiger partial charge in [0.15, 0.2) is 0 Å². The highest BCUT2D eigenvalue weighted by atomic mass is 35.5. The quantitative estimate of drug-likeness (QED) is 0.786. The van der Waals surface area contributed by atoms with Gasteiger partial charge in [0.25, 0.3) is 0 Å². The Morgan fingerprint density at radius 1 is 1.00 bits per heavy atom. The van der Waals surface area contributed by atoms with E-state index in [2.05, 4.69) is 4.74 Å². The van der Waals surface area contributed by atoms with Crippen LogP contribution < -0.4 is 4.74 Å². The van der Waals surface area contributed by atoms with Crippen LogP contribution in [-0.4, -0.2) is 6.61 Å². The molecule has 102 valence electrons. The number of hydrogen-bond acceptors (Lipinski definition) is 2. The zero-order valence-corrected chi connectivity index (χ0v) is 11.4. The zero-order chi connectivity index (χ0) is 14.7. The molecule has 0 N–H and O–H groups in total. The summed E-state index contributed by atoms with van der Waals surface area (Å²) in [4.78, 5) is 0. The van der Waals surface area contributed by atoms with Gasteiger partial charge >= 0.3 is 6.61 Å². The molecule has 0 heterocycles. The second-order valence-electron chi connectivity index (χ2n) is 3.86. The number of hydrogen-bond donors (Lipinski definition) is 0. The van der Waals surface area contributed by atoms with E-state index in [1.807, 2.05) is 6.07 Å². The van der Waals surface area contributed by atoms with Gasteiger partial charge < -0.3 is 4.74 Å². The first-order chi connectivity index (χ1) is 9.49. The van der Waals surface area contributed by atoms with E-state index in [0.717, 1.165) is 0 Å². The van der Waals surface area contributed by atoms with Gasteiger partial charge in [0.1, 0.15) is 11.8 Å². The smallest absolute Gasteiger partial charge is 0.387 e. The predicted octanol–water partition coefficient (Wildman–Crippen LogP) is 5.13. The first kappa shape index (κ1) is 14.6. The van der Waals surface area contributed by atoms with Gasteiger partial charge in [-0.05, 0) is 41.5 Å². The van der Waals surface area contributed by atoms with Crippen LogP contribution in [0.2, 0.25) is 10.0 Å². The number of ether oxygens (including phenoxy) is 1. The Morgan fingerprint density at radius 2 is 1.65 bits per heavy atom. The third-order valence-corrected chi connectivity index (χ3v) is 2.95. The molecule has 0 aliphatic rings. The first-order valence-electron chi connectivity index (χ1n) is 5.45. The van der Waals surface area contributed by atoms with Gasteiger partial charge in [0.05, 0.1) is 5.56 Å². The van der Waals surface area contributed by atoms with Crippen molar-refractivity contribution in [2.75, 3.05) is 0 Å². The maximum absolute atomic E-state index is 12.2. The molecule has 0 aromatic heterocycles. The first-order valence-corrected chi connectivity index (χ1v) is 6.20. The minimum Gasteiger partial charge on any atom is -0.433 e. The molecule has 0 unspecified atom stereocenters. The molecule has 0 aliphatic carbocycles. The normalized spacial score (nSPS) is 10.4. The molecule has 2 rings (SSSR count). The minimum absolute atomic E-state index is 0.0129. The molecule has 0 radical (unpaired) electrons. The van der Waals surface area contributed by atoms with Crippen molar-refractivity contribution in [3.8, 4) is 22.9 Å². The van der Waals surface area contributed by atoms with Crippen molar-refractivity contribution in [1.82, 2.24) is 0 Å². The summed E-state index contributed by atoms with van der Waals surface area (Å²) in [5.74, 6) is -0.167. The highest BCUT2D eigenvalue weighted by Crippen LogP contribution is 2.30. The zero-order valence-electron chi connectivity index (χ0n) is 9.91. The Bertz CT molecular complexity index is 663. The van der Waals surface area contributed by atoms with E-state index in [1.165, 1.54) is 12.1 Å². The van der Waals surface area contributed by atoms with Gasteiger partial charge in [0, 0.05) is 10.0 Å². The number of alkyl halides is 2. The molecule has 0 saturated heterocycles. The molecular weight excluding hydrogens is 307 g/mol. The lowest BCUT2D eigenvalue weighted by Crippen LogP contribution is -2.03. The van der Waals surface area contributed by atoms with Crippen LogP contribution in [0.1, 0.15) is 5.56 Å². The van der Waals surface area contributed by atoms with Crippen LogP contribution >= 0.6 is 23.2 Å². The van der Waals surface area contributed by atoms with E-state index in [-0.39, 0.29) is 11.3 Å². The average Bonchev–Trinajstić information content (AvgIpc) is 2.37. The molecule has 6 heteroatoms. The molecule has 2 aromatic carbocycles. The Hall–Kier alpha value is -1.83. The van der Waals surface area contributed by atoms with Crippen molar-refractivity contribution in [2.24, 2.45) is 0 Å². The van der Waals surface area contributed by atoms with Gasteiger partial charge in [-0.3, -0.25) is 0 Å². The number of halogens is 4. The van der Waals surface area contributed by atoms with Crippen LogP contribution in [-0.2, 0) is 0 Å². The lowest BCUT2D eigenvalue weighted by atomic mass is 10.0. The summed E-state index contributed by atoms with van der Waals surface area (Å²) < 4.78 is 28.7. The maximum atomic E-state index is 12.2. The monoisotopic (exact) mass is 313 g/mol. The van der Waals surface area contributed by atoms with Gasteiger partial charge in [-0.2, -0.15) is 14.0 Å². The third kappa shape index (κ3) is 3.38. The van der Waals surface area contributed by atoms with Crippen LogP contribution in [0, 0.1) is 11.3 Å². The van der Waals surface area contributed by atoms with Crippen LogP contribution in [0.5, 0.6) is 5.75 Å². The summed E-state index contributed by atoms with van der Waals surface area (Å²) in [6.45, 7) is -2.98. The molecule has 20 heavy (non-hydrogen) atoms. The molecule has 2 aromatic rings. The van der Waals surface area contributed by atoms with E-state index in [4.69, 9.17) is 28.5 Å². The van der Waals surface area contributed by atoms with Crippen LogP contribution in [0.4, 0.5) is 8.78 Å². The summed E-state index contributed by atoms with van der Waals surface area (Å²) >= 11 is 11.8. The average molecular weight is 314 g/mol. The van der Waals surface area contributed by atoms with E-state index >= 15 is 0 Å². The van der Waals surface area contributed by atoms with Crippen LogP contribution in [0.3, 0.4) is 0 Å². The van der Waals surface area contributed by atoms with Crippen LogP contribution in [0.15, 0.2) is 36.4 Å².